The molecule has 2 aliphatic heterocycles. The van der Waals surface area contributed by atoms with E-state index in [1.807, 2.05) is 62.1 Å². The molecule has 2 fully saturated rings. The fourth-order valence-electron chi connectivity index (χ4n) is 4.65. The second-order valence-corrected chi connectivity index (χ2v) is 9.80. The van der Waals surface area contributed by atoms with Crippen molar-refractivity contribution in [2.24, 2.45) is 0 Å². The molecule has 0 bridgehead atoms. The van der Waals surface area contributed by atoms with Crippen molar-refractivity contribution < 1.29 is 14.3 Å². The van der Waals surface area contributed by atoms with Crippen LogP contribution in [-0.4, -0.2) is 52.2 Å². The molecule has 0 aromatic heterocycles. The molecule has 2 amide bonds. The second-order valence-electron chi connectivity index (χ2n) is 9.80. The first-order chi connectivity index (χ1) is 15.3. The van der Waals surface area contributed by atoms with Crippen LogP contribution in [0.5, 0.6) is 0 Å². The average molecular weight is 436 g/mol. The molecule has 6 heteroatoms. The maximum absolute atomic E-state index is 13.5. The van der Waals surface area contributed by atoms with Crippen LogP contribution in [0.25, 0.3) is 0 Å². The van der Waals surface area contributed by atoms with Gasteiger partial charge in [0, 0.05) is 32.5 Å². The molecule has 1 atom stereocenters. The summed E-state index contributed by atoms with van der Waals surface area (Å²) in [5.41, 5.74) is 1.27. The van der Waals surface area contributed by atoms with E-state index >= 15 is 0 Å². The zero-order chi connectivity index (χ0) is 22.8. The van der Waals surface area contributed by atoms with Crippen LogP contribution >= 0.6 is 0 Å². The summed E-state index contributed by atoms with van der Waals surface area (Å²) < 4.78 is 5.56. The van der Waals surface area contributed by atoms with Gasteiger partial charge in [-0.2, -0.15) is 0 Å². The fourth-order valence-corrected chi connectivity index (χ4v) is 4.65. The van der Waals surface area contributed by atoms with Crippen molar-refractivity contribution in [1.82, 2.24) is 15.1 Å². The Bertz CT molecular complexity index is 932. The van der Waals surface area contributed by atoms with E-state index in [0.29, 0.717) is 38.9 Å². The number of hydrogen-bond donors (Lipinski definition) is 1. The van der Waals surface area contributed by atoms with Gasteiger partial charge in [-0.25, -0.2) is 4.79 Å². The molecule has 2 saturated heterocycles. The molecule has 0 radical (unpaired) electrons. The molecule has 0 aliphatic carbocycles. The Balaban J connectivity index is 1.52. The molecular weight excluding hydrogens is 402 g/mol. The highest BCUT2D eigenvalue weighted by molar-refractivity contribution is 5.85. The maximum Gasteiger partial charge on any atom is 0.410 e. The lowest BCUT2D eigenvalue weighted by Crippen LogP contribution is -2.59. The first-order valence-corrected chi connectivity index (χ1v) is 11.4. The van der Waals surface area contributed by atoms with Crippen LogP contribution in [0.4, 0.5) is 4.79 Å². The van der Waals surface area contributed by atoms with Crippen molar-refractivity contribution in [3.05, 3.63) is 71.8 Å². The largest absolute Gasteiger partial charge is 0.444 e. The van der Waals surface area contributed by atoms with Crippen LogP contribution < -0.4 is 5.32 Å². The minimum Gasteiger partial charge on any atom is -0.444 e. The van der Waals surface area contributed by atoms with Crippen LogP contribution in [0.3, 0.4) is 0 Å². The molecule has 2 aromatic rings. The quantitative estimate of drug-likeness (QED) is 0.790. The van der Waals surface area contributed by atoms with Crippen molar-refractivity contribution in [3.8, 4) is 0 Å². The van der Waals surface area contributed by atoms with Crippen molar-refractivity contribution in [2.45, 2.75) is 63.9 Å². The summed E-state index contributed by atoms with van der Waals surface area (Å²) in [5, 5.41) is 3.68. The number of nitrogens with one attached hydrogen (secondary N) is 1. The molecule has 1 spiro atoms. The summed E-state index contributed by atoms with van der Waals surface area (Å²) in [4.78, 5) is 29.9. The van der Waals surface area contributed by atoms with Gasteiger partial charge in [-0.3, -0.25) is 10.1 Å². The average Bonchev–Trinajstić information content (AvgIpc) is 3.00. The van der Waals surface area contributed by atoms with E-state index in [0.717, 1.165) is 11.1 Å². The van der Waals surface area contributed by atoms with Crippen LogP contribution in [0.15, 0.2) is 60.7 Å². The van der Waals surface area contributed by atoms with Crippen molar-refractivity contribution in [1.29, 1.82) is 0 Å². The van der Waals surface area contributed by atoms with Gasteiger partial charge in [0.2, 0.25) is 5.91 Å². The highest BCUT2D eigenvalue weighted by atomic mass is 16.6. The molecule has 170 valence electrons. The number of ether oxygens (including phenoxy) is 1. The lowest BCUT2D eigenvalue weighted by molar-refractivity contribution is -0.134. The Labute approximate surface area is 190 Å². The first-order valence-electron chi connectivity index (χ1n) is 11.4. The summed E-state index contributed by atoms with van der Waals surface area (Å²) >= 11 is 0. The van der Waals surface area contributed by atoms with E-state index in [2.05, 4.69) is 29.6 Å². The van der Waals surface area contributed by atoms with E-state index in [9.17, 15) is 9.59 Å². The highest BCUT2D eigenvalue weighted by Gasteiger charge is 2.51. The molecule has 2 aromatic carbocycles. The Morgan fingerprint density at radius 3 is 2.12 bits per heavy atom. The van der Waals surface area contributed by atoms with Gasteiger partial charge in [-0.1, -0.05) is 60.7 Å². The number of carbonyl (C=O) groups is 2. The molecule has 4 rings (SSSR count). The number of carbonyl (C=O) groups excluding carboxylic acids is 2. The number of nitrogens with zero attached hydrogens (tertiary/aromatic N) is 2. The molecule has 2 aliphatic rings. The minimum atomic E-state index is -0.520. The first kappa shape index (κ1) is 22.3. The highest BCUT2D eigenvalue weighted by Crippen LogP contribution is 2.35. The molecule has 1 N–H and O–H groups in total. The molecule has 0 saturated carbocycles. The number of benzene rings is 2. The number of likely N-dealkylation sites (tertiary alicyclic amines) is 1. The predicted octanol–water partition coefficient (Wildman–Crippen LogP) is 3.96. The Kier molecular flexibility index (Phi) is 6.24. The monoisotopic (exact) mass is 435 g/mol. The predicted molar refractivity (Wildman–Crippen MR) is 124 cm³/mol. The van der Waals surface area contributed by atoms with Crippen LogP contribution in [0.1, 0.15) is 44.7 Å². The van der Waals surface area contributed by atoms with Gasteiger partial charge < -0.3 is 14.5 Å². The van der Waals surface area contributed by atoms with Gasteiger partial charge in [-0.15, -0.1) is 0 Å². The van der Waals surface area contributed by atoms with Gasteiger partial charge in [0.15, 0.2) is 0 Å². The van der Waals surface area contributed by atoms with Gasteiger partial charge >= 0.3 is 6.09 Å². The Morgan fingerprint density at radius 1 is 1.00 bits per heavy atom. The van der Waals surface area contributed by atoms with Crippen molar-refractivity contribution >= 4 is 12.0 Å². The Morgan fingerprint density at radius 2 is 1.56 bits per heavy atom. The van der Waals surface area contributed by atoms with Gasteiger partial charge in [0.25, 0.3) is 0 Å². The van der Waals surface area contributed by atoms with Gasteiger partial charge in [0.1, 0.15) is 5.60 Å². The zero-order valence-electron chi connectivity index (χ0n) is 19.2. The maximum atomic E-state index is 13.5. The number of hydrogen-bond acceptors (Lipinski definition) is 4. The minimum absolute atomic E-state index is 0.128. The standard InChI is InChI=1S/C26H33N3O3/c1-25(2,3)32-24(31)28-16-14-26(15-17-28)27-22(18-20-10-6-4-7-11-20)23(30)29(26)19-21-12-8-5-9-13-21/h4-13,22,27H,14-19H2,1-3H3/t22-/m0/s1. The Hall–Kier alpha value is -2.86. The van der Waals surface area contributed by atoms with Crippen molar-refractivity contribution in [3.63, 3.8) is 0 Å². The van der Waals surface area contributed by atoms with Crippen LogP contribution in [0.2, 0.25) is 0 Å². The van der Waals surface area contributed by atoms with E-state index in [1.54, 1.807) is 4.90 Å². The molecule has 6 nitrogen and oxygen atoms in total. The van der Waals surface area contributed by atoms with Gasteiger partial charge in [-0.05, 0) is 38.3 Å². The molecule has 32 heavy (non-hydrogen) atoms. The van der Waals surface area contributed by atoms with E-state index < -0.39 is 11.3 Å². The zero-order valence-corrected chi connectivity index (χ0v) is 19.2. The SMILES string of the molecule is CC(C)(C)OC(=O)N1CCC2(CC1)N[C@@H](Cc1ccccc1)C(=O)N2Cc1ccccc1. The fraction of sp³-hybridized carbons (Fsp3) is 0.462. The topological polar surface area (TPSA) is 61.9 Å². The number of piperidine rings is 1. The summed E-state index contributed by atoms with van der Waals surface area (Å²) in [6.07, 6.45) is 1.72. The molecule has 2 heterocycles. The van der Waals surface area contributed by atoms with E-state index in [-0.39, 0.29) is 18.0 Å². The van der Waals surface area contributed by atoms with Crippen molar-refractivity contribution in [2.75, 3.05) is 13.1 Å². The smallest absolute Gasteiger partial charge is 0.410 e. The second kappa shape index (κ2) is 8.94. The summed E-state index contributed by atoms with van der Waals surface area (Å²) in [6, 6.07) is 20.0. The lowest BCUT2D eigenvalue weighted by atomic mass is 9.95. The molecular formula is C26H33N3O3. The summed E-state index contributed by atoms with van der Waals surface area (Å²) in [7, 11) is 0. The third-order valence-corrected chi connectivity index (χ3v) is 6.23. The van der Waals surface area contributed by atoms with Crippen LogP contribution in [-0.2, 0) is 22.5 Å². The third kappa shape index (κ3) is 4.96. The third-order valence-electron chi connectivity index (χ3n) is 6.23. The molecule has 0 unspecified atom stereocenters. The van der Waals surface area contributed by atoms with E-state index in [1.165, 1.54) is 0 Å². The lowest BCUT2D eigenvalue weighted by Gasteiger charge is -2.44. The summed E-state index contributed by atoms with van der Waals surface area (Å²) in [6.45, 7) is 7.30. The number of rotatable bonds is 4. The van der Waals surface area contributed by atoms with Crippen LogP contribution in [0, 0.1) is 0 Å². The number of amides is 2. The van der Waals surface area contributed by atoms with Gasteiger partial charge in [0.05, 0.1) is 11.7 Å². The van der Waals surface area contributed by atoms with E-state index in [4.69, 9.17) is 4.74 Å². The summed E-state index contributed by atoms with van der Waals surface area (Å²) in [5.74, 6) is 0.128. The normalized spacial score (nSPS) is 20.6.